The number of benzene rings is 1. The van der Waals surface area contributed by atoms with Crippen molar-refractivity contribution in [1.29, 1.82) is 5.26 Å². The van der Waals surface area contributed by atoms with Gasteiger partial charge in [0.1, 0.15) is 11.4 Å². The van der Waals surface area contributed by atoms with Crippen LogP contribution in [0.15, 0.2) is 18.2 Å². The molecule has 0 radical (unpaired) electrons. The zero-order chi connectivity index (χ0) is 14.8. The summed E-state index contributed by atoms with van der Waals surface area (Å²) in [6, 6.07) is 5.84. The summed E-state index contributed by atoms with van der Waals surface area (Å²) in [7, 11) is 0. The highest BCUT2D eigenvalue weighted by Gasteiger charge is 2.34. The molecule has 0 saturated heterocycles. The number of nitriles is 1. The zero-order valence-corrected chi connectivity index (χ0v) is 11.6. The molecule has 1 aliphatic rings. The third kappa shape index (κ3) is 3.91. The maximum absolute atomic E-state index is 13.5. The second-order valence-corrected chi connectivity index (χ2v) is 5.57. The number of halogens is 2. The number of hydrogen-bond acceptors (Lipinski definition) is 3. The van der Waals surface area contributed by atoms with Crippen molar-refractivity contribution in [3.05, 3.63) is 29.8 Å². The van der Waals surface area contributed by atoms with Crippen LogP contribution in [-0.2, 0) is 0 Å². The van der Waals surface area contributed by atoms with Crippen molar-refractivity contribution in [3.8, 4) is 11.8 Å². The first-order chi connectivity index (χ1) is 9.42. The Morgan fingerprint density at radius 3 is 2.75 bits per heavy atom. The predicted molar refractivity (Wildman–Crippen MR) is 71.2 cm³/mol. The Morgan fingerprint density at radius 2 is 2.20 bits per heavy atom. The summed E-state index contributed by atoms with van der Waals surface area (Å²) in [6.45, 7) is 3.58. The molecule has 1 aromatic rings. The average Bonchev–Trinajstić information content (AvgIpc) is 3.16. The van der Waals surface area contributed by atoms with Crippen molar-refractivity contribution in [3.63, 3.8) is 0 Å². The largest absolute Gasteiger partial charge is 0.488 e. The predicted octanol–water partition coefficient (Wildman–Crippen LogP) is 3.16. The van der Waals surface area contributed by atoms with Crippen LogP contribution in [0.3, 0.4) is 0 Å². The average molecular weight is 280 g/mol. The number of hydrogen-bond donors (Lipinski definition) is 1. The molecule has 0 amide bonds. The first kappa shape index (κ1) is 14.7. The van der Waals surface area contributed by atoms with Crippen LogP contribution in [0.2, 0.25) is 0 Å². The molecule has 1 saturated carbocycles. The quantitative estimate of drug-likeness (QED) is 0.870. The highest BCUT2D eigenvalue weighted by atomic mass is 19.1. The summed E-state index contributed by atoms with van der Waals surface area (Å²) in [5.74, 6) is -1.36. The van der Waals surface area contributed by atoms with Gasteiger partial charge in [0.05, 0.1) is 12.2 Å². The van der Waals surface area contributed by atoms with Crippen LogP contribution in [0.5, 0.6) is 5.75 Å². The molecule has 2 atom stereocenters. The smallest absolute Gasteiger partial charge is 0.167 e. The van der Waals surface area contributed by atoms with Crippen molar-refractivity contribution in [1.82, 2.24) is 5.32 Å². The van der Waals surface area contributed by atoms with E-state index >= 15 is 0 Å². The first-order valence-electron chi connectivity index (χ1n) is 6.72. The molecule has 5 heteroatoms. The maximum atomic E-state index is 13.5. The highest BCUT2D eigenvalue weighted by molar-refractivity contribution is 5.25. The van der Waals surface area contributed by atoms with Crippen molar-refractivity contribution in [2.75, 3.05) is 0 Å². The number of rotatable bonds is 6. The van der Waals surface area contributed by atoms with Gasteiger partial charge in [-0.3, -0.25) is 5.32 Å². The van der Waals surface area contributed by atoms with E-state index in [0.29, 0.717) is 12.5 Å². The molecule has 1 aliphatic carbocycles. The normalized spacial score (nSPS) is 18.9. The van der Waals surface area contributed by atoms with Crippen LogP contribution in [0.25, 0.3) is 0 Å². The fourth-order valence-electron chi connectivity index (χ4n) is 2.22. The van der Waals surface area contributed by atoms with Gasteiger partial charge in [-0.2, -0.15) is 5.26 Å². The van der Waals surface area contributed by atoms with Gasteiger partial charge in [0.15, 0.2) is 11.6 Å². The van der Waals surface area contributed by atoms with Crippen LogP contribution < -0.4 is 10.1 Å². The van der Waals surface area contributed by atoms with Crippen molar-refractivity contribution in [2.45, 2.75) is 50.8 Å². The van der Waals surface area contributed by atoms with Gasteiger partial charge in [-0.15, -0.1) is 0 Å². The summed E-state index contributed by atoms with van der Waals surface area (Å²) in [5.41, 5.74) is -0.697. The minimum absolute atomic E-state index is 0.00520. The molecule has 0 bridgehead atoms. The van der Waals surface area contributed by atoms with Crippen LogP contribution in [0.4, 0.5) is 8.78 Å². The van der Waals surface area contributed by atoms with E-state index in [1.807, 2.05) is 6.92 Å². The van der Waals surface area contributed by atoms with Gasteiger partial charge in [-0.1, -0.05) is 0 Å². The Balaban J connectivity index is 1.96. The van der Waals surface area contributed by atoms with Gasteiger partial charge in [-0.25, -0.2) is 8.78 Å². The van der Waals surface area contributed by atoms with Crippen LogP contribution in [-0.4, -0.2) is 17.7 Å². The Labute approximate surface area is 117 Å². The SMILES string of the molecule is CC(CC(C)(C#N)NC1CC1)Oc1ccc(F)cc1F. The molecule has 3 nitrogen and oxygen atoms in total. The number of nitrogens with zero attached hydrogens (tertiary/aromatic N) is 1. The fourth-order valence-corrected chi connectivity index (χ4v) is 2.22. The molecule has 0 aliphatic heterocycles. The fraction of sp³-hybridized carbons (Fsp3) is 0.533. The minimum atomic E-state index is -0.731. The van der Waals surface area contributed by atoms with Gasteiger partial charge in [0.2, 0.25) is 0 Å². The second-order valence-electron chi connectivity index (χ2n) is 5.57. The van der Waals surface area contributed by atoms with E-state index < -0.39 is 17.2 Å². The number of nitrogens with one attached hydrogen (secondary N) is 1. The lowest BCUT2D eigenvalue weighted by Gasteiger charge is -2.27. The first-order valence-corrected chi connectivity index (χ1v) is 6.72. The summed E-state index contributed by atoms with van der Waals surface area (Å²) < 4.78 is 31.8. The molecule has 1 N–H and O–H groups in total. The van der Waals surface area contributed by atoms with E-state index in [-0.39, 0.29) is 11.9 Å². The third-order valence-electron chi connectivity index (χ3n) is 3.26. The zero-order valence-electron chi connectivity index (χ0n) is 11.6. The molecule has 2 unspecified atom stereocenters. The van der Waals surface area contributed by atoms with Crippen molar-refractivity contribution >= 4 is 0 Å². The molecular formula is C15H18F2N2O. The topological polar surface area (TPSA) is 45.0 Å². The Hall–Kier alpha value is -1.67. The van der Waals surface area contributed by atoms with Crippen molar-refractivity contribution in [2.24, 2.45) is 0 Å². The van der Waals surface area contributed by atoms with E-state index in [0.717, 1.165) is 25.0 Å². The molecule has 0 aromatic heterocycles. The highest BCUT2D eigenvalue weighted by Crippen LogP contribution is 2.26. The third-order valence-corrected chi connectivity index (χ3v) is 3.26. The molecule has 1 fully saturated rings. The van der Waals surface area contributed by atoms with Crippen LogP contribution in [0, 0.1) is 23.0 Å². The van der Waals surface area contributed by atoms with Gasteiger partial charge < -0.3 is 4.74 Å². The molecular weight excluding hydrogens is 262 g/mol. The second kappa shape index (κ2) is 5.76. The van der Waals surface area contributed by atoms with Gasteiger partial charge in [-0.05, 0) is 38.8 Å². The molecule has 2 rings (SSSR count). The Bertz CT molecular complexity index is 525. The molecule has 0 spiro atoms. The van der Waals surface area contributed by atoms with Crippen LogP contribution >= 0.6 is 0 Å². The van der Waals surface area contributed by atoms with E-state index in [1.165, 1.54) is 6.07 Å². The summed E-state index contributed by atoms with van der Waals surface area (Å²) in [4.78, 5) is 0. The van der Waals surface area contributed by atoms with Crippen molar-refractivity contribution < 1.29 is 13.5 Å². The monoisotopic (exact) mass is 280 g/mol. The standard InChI is InChI=1S/C15H18F2N2O/c1-10(8-15(2,9-18)19-12-4-5-12)20-14-6-3-11(16)7-13(14)17/h3,6-7,10,12,19H,4-5,8H2,1-2H3. The lowest BCUT2D eigenvalue weighted by Crippen LogP contribution is -2.45. The molecule has 108 valence electrons. The maximum Gasteiger partial charge on any atom is 0.167 e. The summed E-state index contributed by atoms with van der Waals surface area (Å²) in [5, 5.41) is 12.5. The summed E-state index contributed by atoms with van der Waals surface area (Å²) >= 11 is 0. The summed E-state index contributed by atoms with van der Waals surface area (Å²) in [6.07, 6.45) is 2.24. The lowest BCUT2D eigenvalue weighted by molar-refractivity contribution is 0.172. The van der Waals surface area contributed by atoms with Gasteiger partial charge >= 0.3 is 0 Å². The van der Waals surface area contributed by atoms with Gasteiger partial charge in [0.25, 0.3) is 0 Å². The Morgan fingerprint density at radius 1 is 1.50 bits per heavy atom. The van der Waals surface area contributed by atoms with E-state index in [4.69, 9.17) is 4.74 Å². The Kier molecular flexibility index (Phi) is 4.24. The van der Waals surface area contributed by atoms with Gasteiger partial charge in [0, 0.05) is 18.5 Å². The lowest BCUT2D eigenvalue weighted by atomic mass is 9.96. The molecule has 20 heavy (non-hydrogen) atoms. The molecule has 0 heterocycles. The number of ether oxygens (including phenoxy) is 1. The minimum Gasteiger partial charge on any atom is -0.488 e. The van der Waals surface area contributed by atoms with Crippen LogP contribution in [0.1, 0.15) is 33.1 Å². The van der Waals surface area contributed by atoms with E-state index in [9.17, 15) is 14.0 Å². The van der Waals surface area contributed by atoms with E-state index in [2.05, 4.69) is 11.4 Å². The molecule has 1 aromatic carbocycles. The van der Waals surface area contributed by atoms with E-state index in [1.54, 1.807) is 6.92 Å².